The van der Waals surface area contributed by atoms with E-state index in [4.69, 9.17) is 5.73 Å². The summed E-state index contributed by atoms with van der Waals surface area (Å²) in [6.45, 7) is 4.32. The number of hydrogen-bond donors (Lipinski definition) is 2. The van der Waals surface area contributed by atoms with Crippen LogP contribution in [-0.2, 0) is 4.79 Å². The number of carbonyl (C=O) groups excluding carboxylic acids is 1. The summed E-state index contributed by atoms with van der Waals surface area (Å²) in [6, 6.07) is 8.87. The molecule has 3 N–H and O–H groups in total. The Morgan fingerprint density at radius 1 is 1.19 bits per heavy atom. The Balaban J connectivity index is 0.00000169. The van der Waals surface area contributed by atoms with Crippen molar-refractivity contribution in [3.05, 3.63) is 24.3 Å². The van der Waals surface area contributed by atoms with E-state index >= 15 is 0 Å². The molecule has 0 aromatic heterocycles. The fourth-order valence-electron chi connectivity index (χ4n) is 4.35. The number of halogens is 2. The van der Waals surface area contributed by atoms with Gasteiger partial charge in [0.15, 0.2) is 0 Å². The van der Waals surface area contributed by atoms with Gasteiger partial charge in [-0.25, -0.2) is 0 Å². The molecule has 0 aliphatic heterocycles. The molecule has 0 spiro atoms. The zero-order valence-corrected chi connectivity index (χ0v) is 17.6. The van der Waals surface area contributed by atoms with Crippen molar-refractivity contribution in [3.8, 4) is 0 Å². The Labute approximate surface area is 170 Å². The third-order valence-corrected chi connectivity index (χ3v) is 6.08. The van der Waals surface area contributed by atoms with Gasteiger partial charge in [0.1, 0.15) is 0 Å². The Hall–Kier alpha value is -0.970. The molecule has 4 nitrogen and oxygen atoms in total. The monoisotopic (exact) mass is 401 g/mol. The summed E-state index contributed by atoms with van der Waals surface area (Å²) >= 11 is 0. The largest absolute Gasteiger partial charge is 0.372 e. The molecule has 2 bridgehead atoms. The number of amides is 1. The van der Waals surface area contributed by atoms with E-state index in [0.717, 1.165) is 24.2 Å². The number of hydrogen-bond acceptors (Lipinski definition) is 3. The third-order valence-electron chi connectivity index (χ3n) is 6.08. The number of nitrogens with two attached hydrogens (primary N) is 1. The maximum Gasteiger partial charge on any atom is 0.227 e. The second-order valence-electron chi connectivity index (χ2n) is 7.94. The minimum Gasteiger partial charge on any atom is -0.372 e. The Morgan fingerprint density at radius 3 is 2.38 bits per heavy atom. The van der Waals surface area contributed by atoms with Crippen LogP contribution in [0, 0.1) is 17.8 Å². The Morgan fingerprint density at radius 2 is 1.81 bits per heavy atom. The lowest BCUT2D eigenvalue weighted by Gasteiger charge is -2.43. The molecule has 2 aliphatic carbocycles. The van der Waals surface area contributed by atoms with E-state index in [2.05, 4.69) is 43.2 Å². The van der Waals surface area contributed by atoms with Crippen molar-refractivity contribution >= 4 is 42.1 Å². The number of rotatable bonds is 4. The smallest absolute Gasteiger partial charge is 0.227 e. The molecule has 0 heterocycles. The lowest BCUT2D eigenvalue weighted by molar-refractivity contribution is -0.122. The molecule has 2 fully saturated rings. The quantitative estimate of drug-likeness (QED) is 0.782. The highest BCUT2D eigenvalue weighted by molar-refractivity contribution is 5.93. The van der Waals surface area contributed by atoms with Crippen LogP contribution in [0.4, 0.5) is 11.4 Å². The molecule has 2 saturated carbocycles. The van der Waals surface area contributed by atoms with Gasteiger partial charge in [0, 0.05) is 36.4 Å². The maximum absolute atomic E-state index is 12.8. The van der Waals surface area contributed by atoms with Crippen LogP contribution >= 0.6 is 24.8 Å². The van der Waals surface area contributed by atoms with E-state index in [1.54, 1.807) is 0 Å². The predicted octanol–water partition coefficient (Wildman–Crippen LogP) is 4.47. The molecule has 0 saturated heterocycles. The van der Waals surface area contributed by atoms with Crippen LogP contribution in [0.1, 0.15) is 46.0 Å². The summed E-state index contributed by atoms with van der Waals surface area (Å²) in [5.41, 5.74) is 8.37. The highest BCUT2D eigenvalue weighted by Crippen LogP contribution is 2.42. The number of anilines is 2. The maximum atomic E-state index is 12.8. The van der Waals surface area contributed by atoms with Gasteiger partial charge in [-0.15, -0.1) is 24.8 Å². The van der Waals surface area contributed by atoms with Crippen LogP contribution in [0.5, 0.6) is 0 Å². The van der Waals surface area contributed by atoms with Gasteiger partial charge in [-0.1, -0.05) is 12.5 Å². The first-order valence-corrected chi connectivity index (χ1v) is 9.35. The number of nitrogens with one attached hydrogen (secondary N) is 1. The summed E-state index contributed by atoms with van der Waals surface area (Å²) in [6.07, 6.45) is 5.57. The summed E-state index contributed by atoms with van der Waals surface area (Å²) in [5, 5.41) is 3.14. The van der Waals surface area contributed by atoms with Gasteiger partial charge >= 0.3 is 0 Å². The van der Waals surface area contributed by atoms with Crippen molar-refractivity contribution in [2.75, 3.05) is 17.3 Å². The number of benzene rings is 1. The van der Waals surface area contributed by atoms with Gasteiger partial charge < -0.3 is 16.0 Å². The summed E-state index contributed by atoms with van der Waals surface area (Å²) in [7, 11) is 2.08. The molecule has 148 valence electrons. The zero-order valence-electron chi connectivity index (χ0n) is 16.0. The average molecular weight is 402 g/mol. The number of nitrogens with zero attached hydrogens (tertiary/aromatic N) is 1. The minimum absolute atomic E-state index is 0. The highest BCUT2D eigenvalue weighted by Gasteiger charge is 2.40. The second kappa shape index (κ2) is 9.82. The fourth-order valence-corrected chi connectivity index (χ4v) is 4.35. The lowest BCUT2D eigenvalue weighted by atomic mass is 9.65. The molecule has 1 amide bonds. The highest BCUT2D eigenvalue weighted by atomic mass is 35.5. The standard InChI is InChI=1S/C20H31N3O.2ClH/c1-13(2)23(3)18-9-5-8-17(12-18)22-20(24)16-10-14-6-4-7-15(11-16)19(14)21;;/h5,8-9,12-16,19H,4,6-7,10-11,21H2,1-3H3,(H,22,24);2*1H. The molecule has 2 atom stereocenters. The molecular formula is C20H33Cl2N3O. The van der Waals surface area contributed by atoms with Crippen molar-refractivity contribution in [1.82, 2.24) is 0 Å². The van der Waals surface area contributed by atoms with E-state index in [1.807, 2.05) is 12.1 Å². The molecule has 0 radical (unpaired) electrons. The zero-order chi connectivity index (χ0) is 17.3. The molecule has 2 unspecified atom stereocenters. The molecular weight excluding hydrogens is 369 g/mol. The van der Waals surface area contributed by atoms with Crippen LogP contribution in [0.2, 0.25) is 0 Å². The molecule has 3 rings (SSSR count). The Kier molecular flexibility index (Phi) is 8.71. The lowest BCUT2D eigenvalue weighted by Crippen LogP contribution is -2.48. The molecule has 1 aromatic carbocycles. The van der Waals surface area contributed by atoms with Crippen LogP contribution in [0.3, 0.4) is 0 Å². The van der Waals surface area contributed by atoms with E-state index < -0.39 is 0 Å². The number of carbonyl (C=O) groups is 1. The number of fused-ring (bicyclic) bond motifs is 2. The van der Waals surface area contributed by atoms with E-state index in [1.165, 1.54) is 19.3 Å². The molecule has 1 aromatic rings. The van der Waals surface area contributed by atoms with Crippen molar-refractivity contribution < 1.29 is 4.79 Å². The van der Waals surface area contributed by atoms with E-state index in [0.29, 0.717) is 23.9 Å². The fraction of sp³-hybridized carbons (Fsp3) is 0.650. The first-order valence-electron chi connectivity index (χ1n) is 9.35. The van der Waals surface area contributed by atoms with Crippen LogP contribution in [-0.4, -0.2) is 25.0 Å². The van der Waals surface area contributed by atoms with Crippen LogP contribution in [0.15, 0.2) is 24.3 Å². The first kappa shape index (κ1) is 23.1. The minimum atomic E-state index is 0. The summed E-state index contributed by atoms with van der Waals surface area (Å²) < 4.78 is 0. The summed E-state index contributed by atoms with van der Waals surface area (Å²) in [5.74, 6) is 1.35. The van der Waals surface area contributed by atoms with Crippen molar-refractivity contribution in [3.63, 3.8) is 0 Å². The molecule has 6 heteroatoms. The Bertz CT molecular complexity index is 582. The van der Waals surface area contributed by atoms with Gasteiger partial charge in [-0.05, 0) is 69.6 Å². The predicted molar refractivity (Wildman–Crippen MR) is 115 cm³/mol. The first-order chi connectivity index (χ1) is 11.5. The van der Waals surface area contributed by atoms with Crippen molar-refractivity contribution in [1.29, 1.82) is 0 Å². The average Bonchev–Trinajstić information content (AvgIpc) is 2.54. The normalized spacial score (nSPS) is 27.1. The van der Waals surface area contributed by atoms with Crippen molar-refractivity contribution in [2.45, 2.75) is 58.0 Å². The van der Waals surface area contributed by atoms with Crippen LogP contribution < -0.4 is 16.0 Å². The van der Waals surface area contributed by atoms with Gasteiger partial charge in [0.25, 0.3) is 0 Å². The van der Waals surface area contributed by atoms with Crippen LogP contribution in [0.25, 0.3) is 0 Å². The SMILES string of the molecule is CC(C)N(C)c1cccc(NC(=O)C2CC3CCCC(C2)C3N)c1.Cl.Cl. The van der Waals surface area contributed by atoms with Crippen molar-refractivity contribution in [2.24, 2.45) is 23.5 Å². The van der Waals surface area contributed by atoms with Gasteiger partial charge in [-0.3, -0.25) is 4.79 Å². The molecule has 2 aliphatic rings. The van der Waals surface area contributed by atoms with E-state index in [9.17, 15) is 4.79 Å². The van der Waals surface area contributed by atoms with Gasteiger partial charge in [0.2, 0.25) is 5.91 Å². The third kappa shape index (κ3) is 5.05. The molecule has 26 heavy (non-hydrogen) atoms. The van der Waals surface area contributed by atoms with Gasteiger partial charge in [0.05, 0.1) is 0 Å². The van der Waals surface area contributed by atoms with Gasteiger partial charge in [-0.2, -0.15) is 0 Å². The second-order valence-corrected chi connectivity index (χ2v) is 7.94. The topological polar surface area (TPSA) is 58.4 Å². The summed E-state index contributed by atoms with van der Waals surface area (Å²) in [4.78, 5) is 15.0. The van der Waals surface area contributed by atoms with E-state index in [-0.39, 0.29) is 36.6 Å².